The topological polar surface area (TPSA) is 70.4 Å². The molecule has 0 aromatic heterocycles. The summed E-state index contributed by atoms with van der Waals surface area (Å²) < 4.78 is 6.98. The third-order valence-electron chi connectivity index (χ3n) is 5.56. The van der Waals surface area contributed by atoms with Gasteiger partial charge in [-0.25, -0.2) is 0 Å². The standard InChI is InChI=1S/C26H25N3O3/c1-17-4-10-20(11-5-17)24-23(27-25(30)21-12-6-18(2)7-13-21)26(31)28-29(24)16-19-8-14-22(32-3)15-9-19/h4-16,23-24H,1-3H3,(H-,27,28,30,31)/p+1/b29-16-/t23-,24+/m0/s1. The Hall–Kier alpha value is -3.93. The number of methoxy groups -OCH3 is 1. The van der Waals surface area contributed by atoms with Gasteiger partial charge in [0, 0.05) is 16.7 Å². The first-order valence-electron chi connectivity index (χ1n) is 10.5. The molecule has 0 unspecified atom stereocenters. The second-order valence-corrected chi connectivity index (χ2v) is 7.96. The number of carbonyl (C=O) groups excluding carboxylic acids is 2. The van der Waals surface area contributed by atoms with Crippen LogP contribution in [0.4, 0.5) is 0 Å². The first kappa shape index (κ1) is 21.3. The zero-order valence-electron chi connectivity index (χ0n) is 18.3. The Morgan fingerprint density at radius 3 is 2.12 bits per heavy atom. The lowest BCUT2D eigenvalue weighted by atomic mass is 9.98. The second-order valence-electron chi connectivity index (χ2n) is 7.96. The first-order valence-corrected chi connectivity index (χ1v) is 10.5. The van der Waals surface area contributed by atoms with E-state index in [4.69, 9.17) is 4.74 Å². The van der Waals surface area contributed by atoms with Gasteiger partial charge in [-0.3, -0.25) is 9.59 Å². The van der Waals surface area contributed by atoms with Crippen molar-refractivity contribution in [2.75, 3.05) is 7.11 Å². The molecule has 32 heavy (non-hydrogen) atoms. The SMILES string of the molecule is COc1ccc(/C=[N+]2\NC(=O)[C@@H](NC(=O)c3ccc(C)cc3)[C@H]2c2ccc(C)cc2)cc1. The van der Waals surface area contributed by atoms with Crippen molar-refractivity contribution in [3.8, 4) is 5.75 Å². The Labute approximate surface area is 187 Å². The van der Waals surface area contributed by atoms with Crippen LogP contribution in [-0.4, -0.2) is 35.9 Å². The monoisotopic (exact) mass is 428 g/mol. The molecule has 2 atom stereocenters. The smallest absolute Gasteiger partial charge is 0.304 e. The van der Waals surface area contributed by atoms with Crippen LogP contribution < -0.4 is 15.5 Å². The van der Waals surface area contributed by atoms with E-state index in [9.17, 15) is 9.59 Å². The Kier molecular flexibility index (Phi) is 6.03. The van der Waals surface area contributed by atoms with Gasteiger partial charge in [0.25, 0.3) is 5.91 Å². The minimum absolute atomic E-state index is 0.263. The molecule has 1 saturated heterocycles. The summed E-state index contributed by atoms with van der Waals surface area (Å²) in [6.45, 7) is 3.98. The summed E-state index contributed by atoms with van der Waals surface area (Å²) in [4.78, 5) is 25.8. The number of carbonyl (C=O) groups is 2. The van der Waals surface area contributed by atoms with E-state index >= 15 is 0 Å². The second kappa shape index (κ2) is 9.06. The van der Waals surface area contributed by atoms with Gasteiger partial charge in [0.05, 0.1) is 7.11 Å². The molecule has 2 amide bonds. The van der Waals surface area contributed by atoms with Crippen LogP contribution in [0.1, 0.15) is 38.7 Å². The van der Waals surface area contributed by atoms with E-state index < -0.39 is 12.1 Å². The highest BCUT2D eigenvalue weighted by molar-refractivity contribution is 5.98. The molecular formula is C26H26N3O3+. The van der Waals surface area contributed by atoms with E-state index in [0.29, 0.717) is 5.56 Å². The molecule has 0 radical (unpaired) electrons. The molecule has 1 heterocycles. The van der Waals surface area contributed by atoms with Crippen LogP contribution in [0.5, 0.6) is 5.75 Å². The van der Waals surface area contributed by atoms with Crippen molar-refractivity contribution >= 4 is 18.0 Å². The fraction of sp³-hybridized carbons (Fsp3) is 0.192. The number of aryl methyl sites for hydroxylation is 2. The molecule has 0 saturated carbocycles. The molecule has 3 aromatic carbocycles. The van der Waals surface area contributed by atoms with Crippen LogP contribution in [0.25, 0.3) is 0 Å². The van der Waals surface area contributed by atoms with E-state index in [0.717, 1.165) is 28.0 Å². The molecule has 2 N–H and O–H groups in total. The summed E-state index contributed by atoms with van der Waals surface area (Å²) in [6, 6.07) is 21.7. The summed E-state index contributed by atoms with van der Waals surface area (Å²) in [5.41, 5.74) is 7.43. The third kappa shape index (κ3) is 4.54. The minimum Gasteiger partial charge on any atom is -0.497 e. The van der Waals surface area contributed by atoms with Crippen molar-refractivity contribution in [1.82, 2.24) is 10.7 Å². The number of rotatable bonds is 5. The Morgan fingerprint density at radius 2 is 1.53 bits per heavy atom. The molecule has 1 fully saturated rings. The average Bonchev–Trinajstić information content (AvgIpc) is 3.09. The number of nitrogens with one attached hydrogen (secondary N) is 2. The molecule has 3 aromatic rings. The van der Waals surface area contributed by atoms with Crippen molar-refractivity contribution in [2.24, 2.45) is 0 Å². The van der Waals surface area contributed by atoms with Gasteiger partial charge in [-0.1, -0.05) is 47.5 Å². The third-order valence-corrected chi connectivity index (χ3v) is 5.56. The predicted octanol–water partition coefficient (Wildman–Crippen LogP) is 3.33. The molecule has 6 heteroatoms. The molecule has 162 valence electrons. The zero-order valence-corrected chi connectivity index (χ0v) is 18.3. The summed E-state index contributed by atoms with van der Waals surface area (Å²) in [5.74, 6) is 0.209. The van der Waals surface area contributed by atoms with Crippen LogP contribution in [0.2, 0.25) is 0 Å². The molecule has 0 aliphatic carbocycles. The number of amides is 2. The van der Waals surface area contributed by atoms with Crippen LogP contribution in [0, 0.1) is 13.8 Å². The Morgan fingerprint density at radius 1 is 0.938 bits per heavy atom. The lowest BCUT2D eigenvalue weighted by Gasteiger charge is -2.15. The zero-order chi connectivity index (χ0) is 22.7. The first-order chi connectivity index (χ1) is 15.4. The van der Waals surface area contributed by atoms with Gasteiger partial charge in [0.1, 0.15) is 5.75 Å². The molecule has 1 aliphatic heterocycles. The highest BCUT2D eigenvalue weighted by atomic mass is 16.5. The van der Waals surface area contributed by atoms with Crippen LogP contribution in [0.15, 0.2) is 72.8 Å². The number of hydrazine groups is 1. The summed E-state index contributed by atoms with van der Waals surface area (Å²) >= 11 is 0. The van der Waals surface area contributed by atoms with Crippen molar-refractivity contribution in [3.05, 3.63) is 101 Å². The van der Waals surface area contributed by atoms with Crippen molar-refractivity contribution in [3.63, 3.8) is 0 Å². The lowest BCUT2D eigenvalue weighted by molar-refractivity contribution is -0.596. The Bertz CT molecular complexity index is 1150. The molecule has 6 nitrogen and oxygen atoms in total. The molecule has 1 aliphatic rings. The maximum atomic E-state index is 12.9. The van der Waals surface area contributed by atoms with E-state index in [2.05, 4.69) is 10.7 Å². The van der Waals surface area contributed by atoms with Crippen molar-refractivity contribution in [2.45, 2.75) is 25.9 Å². The Balaban J connectivity index is 1.68. The molecule has 0 bridgehead atoms. The summed E-state index contributed by atoms with van der Waals surface area (Å²) in [6.07, 6.45) is 1.86. The molecular weight excluding hydrogens is 402 g/mol. The lowest BCUT2D eigenvalue weighted by Crippen LogP contribution is -2.42. The molecule has 4 rings (SSSR count). The highest BCUT2D eigenvalue weighted by Crippen LogP contribution is 2.26. The number of hydrogen-bond acceptors (Lipinski definition) is 3. The van der Waals surface area contributed by atoms with Crippen molar-refractivity contribution in [1.29, 1.82) is 0 Å². The summed E-state index contributed by atoms with van der Waals surface area (Å²) in [7, 11) is 1.62. The van der Waals surface area contributed by atoms with Gasteiger partial charge in [0.2, 0.25) is 12.3 Å². The van der Waals surface area contributed by atoms with Gasteiger partial charge >= 0.3 is 5.91 Å². The van der Waals surface area contributed by atoms with Gasteiger partial charge in [-0.05, 0) is 50.2 Å². The van der Waals surface area contributed by atoms with E-state index in [1.54, 1.807) is 23.9 Å². The fourth-order valence-corrected chi connectivity index (χ4v) is 3.72. The predicted molar refractivity (Wildman–Crippen MR) is 123 cm³/mol. The van der Waals surface area contributed by atoms with Crippen LogP contribution in [-0.2, 0) is 4.79 Å². The number of nitrogens with zero attached hydrogens (tertiary/aromatic N) is 1. The van der Waals surface area contributed by atoms with Gasteiger partial charge in [0.15, 0.2) is 6.04 Å². The van der Waals surface area contributed by atoms with Crippen molar-refractivity contribution < 1.29 is 19.0 Å². The van der Waals surface area contributed by atoms with Gasteiger partial charge in [-0.15, -0.1) is 10.1 Å². The maximum absolute atomic E-state index is 12.9. The van der Waals surface area contributed by atoms with Crippen LogP contribution >= 0.6 is 0 Å². The number of ether oxygens (including phenoxy) is 1. The number of benzene rings is 3. The normalized spacial score (nSPS) is 19.0. The molecule has 0 spiro atoms. The van der Waals surface area contributed by atoms with E-state index in [-0.39, 0.29) is 11.8 Å². The maximum Gasteiger partial charge on any atom is 0.304 e. The van der Waals surface area contributed by atoms with Crippen LogP contribution in [0.3, 0.4) is 0 Å². The van der Waals surface area contributed by atoms with E-state index in [1.807, 2.05) is 80.7 Å². The minimum atomic E-state index is -0.749. The van der Waals surface area contributed by atoms with Gasteiger partial charge < -0.3 is 10.1 Å². The number of hydrazone groups is 1. The fourth-order valence-electron chi connectivity index (χ4n) is 3.72. The highest BCUT2D eigenvalue weighted by Gasteiger charge is 2.47. The average molecular weight is 429 g/mol. The summed E-state index contributed by atoms with van der Waals surface area (Å²) in [5, 5.41) is 2.93. The largest absolute Gasteiger partial charge is 0.497 e. The quantitative estimate of drug-likeness (QED) is 0.613. The number of hydrogen-bond donors (Lipinski definition) is 2. The van der Waals surface area contributed by atoms with Gasteiger partial charge in [-0.2, -0.15) is 0 Å². The van der Waals surface area contributed by atoms with E-state index in [1.165, 1.54) is 0 Å².